The van der Waals surface area contributed by atoms with Crippen molar-refractivity contribution in [1.29, 1.82) is 5.26 Å². The van der Waals surface area contributed by atoms with Crippen molar-refractivity contribution in [2.45, 2.75) is 114 Å². The van der Waals surface area contributed by atoms with Crippen LogP contribution in [0.3, 0.4) is 0 Å². The predicted octanol–water partition coefficient (Wildman–Crippen LogP) is 5.14. The second-order valence-electron chi connectivity index (χ2n) is 16.9. The molecule has 5 aliphatic rings. The Morgan fingerprint density at radius 2 is 1.53 bits per heavy atom. The maximum absolute atomic E-state index is 14.0. The minimum atomic E-state index is -1.07. The van der Waals surface area contributed by atoms with Crippen LogP contribution in [0.4, 0.5) is 5.95 Å². The molecule has 0 bridgehead atoms. The number of amides is 5. The number of primary amides is 1. The van der Waals surface area contributed by atoms with Gasteiger partial charge >= 0.3 is 0 Å². The minimum Gasteiger partial charge on any atom is -0.490 e. The average molecular weight is 837 g/mol. The number of nitrogens with zero attached hydrogens (tertiary/aromatic N) is 7. The van der Waals surface area contributed by atoms with Crippen LogP contribution in [0.2, 0.25) is 5.02 Å². The molecule has 2 aliphatic carbocycles. The van der Waals surface area contributed by atoms with E-state index < -0.39 is 29.7 Å². The first-order valence-electron chi connectivity index (χ1n) is 20.9. The van der Waals surface area contributed by atoms with Crippen LogP contribution in [0, 0.1) is 17.2 Å². The number of nitriles is 1. The Kier molecular flexibility index (Phi) is 11.8. The van der Waals surface area contributed by atoms with Crippen LogP contribution in [0.15, 0.2) is 48.8 Å². The third kappa shape index (κ3) is 8.27. The summed E-state index contributed by atoms with van der Waals surface area (Å²) in [5.74, 6) is -0.272. The van der Waals surface area contributed by atoms with Crippen LogP contribution >= 0.6 is 11.6 Å². The van der Waals surface area contributed by atoms with E-state index in [4.69, 9.17) is 32.1 Å². The Labute approximate surface area is 353 Å². The van der Waals surface area contributed by atoms with Crippen LogP contribution in [-0.2, 0) is 9.59 Å². The van der Waals surface area contributed by atoms with Crippen LogP contribution in [0.5, 0.6) is 11.5 Å². The van der Waals surface area contributed by atoms with Crippen molar-refractivity contribution >= 4 is 47.1 Å². The summed E-state index contributed by atoms with van der Waals surface area (Å²) in [5, 5.41) is 9.46. The van der Waals surface area contributed by atoms with Gasteiger partial charge in [-0.2, -0.15) is 5.26 Å². The Balaban J connectivity index is 0.832. The van der Waals surface area contributed by atoms with Gasteiger partial charge < -0.3 is 20.1 Å². The summed E-state index contributed by atoms with van der Waals surface area (Å²) in [4.78, 5) is 81.9. The lowest BCUT2D eigenvalue weighted by Gasteiger charge is -2.46. The molecule has 0 spiro atoms. The zero-order chi connectivity index (χ0) is 42.2. The van der Waals surface area contributed by atoms with E-state index in [2.05, 4.69) is 33.6 Å². The first-order chi connectivity index (χ1) is 28.9. The molecular weight excluding hydrogens is 788 g/mol. The molecule has 8 rings (SSSR count). The first-order valence-corrected chi connectivity index (χ1v) is 21.3. The van der Waals surface area contributed by atoms with Gasteiger partial charge in [0.2, 0.25) is 11.9 Å². The SMILES string of the molecule is CC(C)N(CC1CCN(c2ncc(C(N)=O)cn2)CC1)C1CC(Oc2ccc3c(c2)C(=O)N(C2CCC(=O)N(C4CCC(Oc5ccc(C#N)c(Cl)c5)CC4)C2=O)C3=O)C1. The number of halogens is 1. The van der Waals surface area contributed by atoms with Crippen LogP contribution in [-0.4, -0.2) is 110 Å². The molecule has 60 heavy (non-hydrogen) atoms. The Morgan fingerprint density at radius 3 is 2.18 bits per heavy atom. The number of benzene rings is 2. The molecule has 314 valence electrons. The van der Waals surface area contributed by atoms with Crippen LogP contribution in [0.25, 0.3) is 0 Å². The molecule has 2 N–H and O–H groups in total. The molecule has 1 atom stereocenters. The van der Waals surface area contributed by atoms with Crippen LogP contribution in [0.1, 0.15) is 115 Å². The molecule has 1 unspecified atom stereocenters. The van der Waals surface area contributed by atoms with E-state index in [0.717, 1.165) is 50.2 Å². The van der Waals surface area contributed by atoms with Crippen molar-refractivity contribution in [2.24, 2.45) is 11.7 Å². The zero-order valence-corrected chi connectivity index (χ0v) is 34.6. The smallest absolute Gasteiger partial charge is 0.262 e. The van der Waals surface area contributed by atoms with Gasteiger partial charge in [-0.3, -0.25) is 38.7 Å². The van der Waals surface area contributed by atoms with Gasteiger partial charge in [-0.25, -0.2) is 9.97 Å². The quantitative estimate of drug-likeness (QED) is 0.237. The van der Waals surface area contributed by atoms with Gasteiger partial charge in [-0.15, -0.1) is 0 Å². The Bertz CT molecular complexity index is 2210. The third-order valence-corrected chi connectivity index (χ3v) is 13.1. The standard InChI is InChI=1S/C44H49ClN8O7/c1-25(2)51(24-26-13-15-50(16-14-26)44-48-22-28(23-49-44)40(47)55)30-17-34(18-30)60-32-9-10-35-36(19-32)42(57)53(41(35)56)38-11-12-39(54)52(43(38)58)29-4-7-31(8-5-29)59-33-6-3-27(21-46)37(45)20-33/h3,6,9-10,19-20,22-23,25-26,29-31,34,38H,4-5,7-8,11-18,24H2,1-2H3,(H2,47,55). The summed E-state index contributed by atoms with van der Waals surface area (Å²) < 4.78 is 12.5. The number of piperidine rings is 2. The number of likely N-dealkylation sites (tertiary alicyclic amines) is 1. The number of ether oxygens (including phenoxy) is 2. The summed E-state index contributed by atoms with van der Waals surface area (Å²) in [6.45, 7) is 7.08. The normalized spacial score (nSPS) is 24.7. The maximum atomic E-state index is 14.0. The van der Waals surface area contributed by atoms with Gasteiger partial charge in [-0.05, 0) is 95.0 Å². The van der Waals surface area contributed by atoms with E-state index in [1.165, 1.54) is 17.3 Å². The lowest BCUT2D eigenvalue weighted by Crippen LogP contribution is -2.59. The number of aromatic nitrogens is 2. The van der Waals surface area contributed by atoms with Gasteiger partial charge in [0, 0.05) is 75.5 Å². The highest BCUT2D eigenvalue weighted by molar-refractivity contribution is 6.31. The number of hydrogen-bond donors (Lipinski definition) is 1. The molecule has 3 aromatic rings. The highest BCUT2D eigenvalue weighted by Crippen LogP contribution is 2.37. The summed E-state index contributed by atoms with van der Waals surface area (Å²) in [5.41, 5.74) is 6.41. The predicted molar refractivity (Wildman–Crippen MR) is 219 cm³/mol. The number of hydrogen-bond acceptors (Lipinski definition) is 12. The third-order valence-electron chi connectivity index (χ3n) is 12.8. The molecule has 1 aromatic heterocycles. The second-order valence-corrected chi connectivity index (χ2v) is 17.3. The topological polar surface area (TPSA) is 192 Å². The molecular formula is C44H49ClN8O7. The number of carbonyl (C=O) groups is 5. The minimum absolute atomic E-state index is 0.0399. The molecule has 0 radical (unpaired) electrons. The fraction of sp³-hybridized carbons (Fsp3) is 0.500. The highest BCUT2D eigenvalue weighted by atomic mass is 35.5. The van der Waals surface area contributed by atoms with Gasteiger partial charge in [0.05, 0.1) is 33.4 Å². The van der Waals surface area contributed by atoms with Gasteiger partial charge in [0.1, 0.15) is 29.7 Å². The zero-order valence-electron chi connectivity index (χ0n) is 33.8. The molecule has 4 heterocycles. The lowest BCUT2D eigenvalue weighted by molar-refractivity contribution is -0.155. The number of carbonyl (C=O) groups excluding carboxylic acids is 5. The Morgan fingerprint density at radius 1 is 0.883 bits per heavy atom. The van der Waals surface area contributed by atoms with Gasteiger partial charge in [-0.1, -0.05) is 11.6 Å². The van der Waals surface area contributed by atoms with Crippen LogP contribution < -0.4 is 20.1 Å². The van der Waals surface area contributed by atoms with Gasteiger partial charge in [0.15, 0.2) is 0 Å². The fourth-order valence-electron chi connectivity index (χ4n) is 9.38. The number of imide groups is 2. The van der Waals surface area contributed by atoms with E-state index in [1.54, 1.807) is 36.4 Å². The van der Waals surface area contributed by atoms with E-state index >= 15 is 0 Å². The van der Waals surface area contributed by atoms with E-state index in [0.29, 0.717) is 77.3 Å². The Hall–Kier alpha value is -5.59. The van der Waals surface area contributed by atoms with E-state index in [-0.39, 0.29) is 48.1 Å². The highest BCUT2D eigenvalue weighted by Gasteiger charge is 2.49. The summed E-state index contributed by atoms with van der Waals surface area (Å²) in [7, 11) is 0. The summed E-state index contributed by atoms with van der Waals surface area (Å²) >= 11 is 6.17. The molecule has 3 aliphatic heterocycles. The molecule has 2 saturated carbocycles. The van der Waals surface area contributed by atoms with Crippen molar-refractivity contribution < 1.29 is 33.4 Å². The van der Waals surface area contributed by atoms with Crippen molar-refractivity contribution in [3.8, 4) is 17.6 Å². The van der Waals surface area contributed by atoms with Crippen molar-refractivity contribution in [3.63, 3.8) is 0 Å². The first kappa shape index (κ1) is 41.2. The van der Waals surface area contributed by atoms with Crippen molar-refractivity contribution in [3.05, 3.63) is 76.1 Å². The number of anilines is 1. The molecule has 15 nitrogen and oxygen atoms in total. The largest absolute Gasteiger partial charge is 0.490 e. The molecule has 2 aromatic carbocycles. The molecule has 5 amide bonds. The second kappa shape index (κ2) is 17.2. The van der Waals surface area contributed by atoms with Crippen molar-refractivity contribution in [1.82, 2.24) is 24.7 Å². The molecule has 2 saturated heterocycles. The van der Waals surface area contributed by atoms with Gasteiger partial charge in [0.25, 0.3) is 23.6 Å². The molecule has 4 fully saturated rings. The number of fused-ring (bicyclic) bond motifs is 1. The average Bonchev–Trinajstić information content (AvgIpc) is 3.47. The monoisotopic (exact) mass is 836 g/mol. The van der Waals surface area contributed by atoms with Crippen molar-refractivity contribution in [2.75, 3.05) is 24.5 Å². The number of rotatable bonds is 12. The van der Waals surface area contributed by atoms with E-state index in [9.17, 15) is 24.0 Å². The lowest BCUT2D eigenvalue weighted by atomic mass is 9.85. The molecule has 16 heteroatoms. The summed E-state index contributed by atoms with van der Waals surface area (Å²) in [6, 6.07) is 11.1. The summed E-state index contributed by atoms with van der Waals surface area (Å²) in [6.07, 6.45) is 8.79. The number of nitrogens with two attached hydrogens (primary N) is 1. The maximum Gasteiger partial charge on any atom is 0.262 e. The fourth-order valence-corrected chi connectivity index (χ4v) is 9.60. The van der Waals surface area contributed by atoms with E-state index in [1.807, 2.05) is 6.07 Å².